The zero-order valence-corrected chi connectivity index (χ0v) is 13.4. The maximum atomic E-state index is 11.3. The molecule has 2 rings (SSSR count). The van der Waals surface area contributed by atoms with Crippen molar-refractivity contribution in [1.29, 1.82) is 0 Å². The van der Waals surface area contributed by atoms with E-state index in [0.29, 0.717) is 50.4 Å². The summed E-state index contributed by atoms with van der Waals surface area (Å²) in [5.74, 6) is -0.251. The van der Waals surface area contributed by atoms with E-state index in [-0.39, 0.29) is 17.7 Å². The van der Waals surface area contributed by atoms with Crippen molar-refractivity contribution in [2.45, 2.75) is 26.7 Å². The minimum atomic E-state index is -0.229. The third-order valence-electron chi connectivity index (χ3n) is 3.35. The summed E-state index contributed by atoms with van der Waals surface area (Å²) in [4.78, 5) is 36.4. The fourth-order valence-electron chi connectivity index (χ4n) is 2.13. The molecule has 3 amide bonds. The summed E-state index contributed by atoms with van der Waals surface area (Å²) >= 11 is 0. The SMILES string of the molecule is C=C(C)C(=O)N1CCCC1=O.C=C(C)C(=O)N1CCOCC1. The van der Waals surface area contributed by atoms with Gasteiger partial charge in [-0.05, 0) is 20.3 Å². The van der Waals surface area contributed by atoms with Crippen molar-refractivity contribution in [3.63, 3.8) is 0 Å². The number of hydrogen-bond donors (Lipinski definition) is 0. The van der Waals surface area contributed by atoms with Crippen LogP contribution in [0.3, 0.4) is 0 Å². The lowest BCUT2D eigenvalue weighted by Crippen LogP contribution is -2.40. The number of likely N-dealkylation sites (tertiary alicyclic amines) is 1. The zero-order valence-electron chi connectivity index (χ0n) is 13.4. The minimum Gasteiger partial charge on any atom is -0.378 e. The second-order valence-electron chi connectivity index (χ2n) is 5.42. The number of ether oxygens (including phenoxy) is 1. The Morgan fingerprint density at radius 2 is 1.55 bits per heavy atom. The van der Waals surface area contributed by atoms with Crippen LogP contribution in [0.4, 0.5) is 0 Å². The summed E-state index contributed by atoms with van der Waals surface area (Å²) in [5, 5.41) is 0. The molecule has 0 spiro atoms. The van der Waals surface area contributed by atoms with Crippen molar-refractivity contribution in [3.8, 4) is 0 Å². The number of hydrogen-bond acceptors (Lipinski definition) is 4. The highest BCUT2D eigenvalue weighted by molar-refractivity contribution is 6.04. The molecule has 0 N–H and O–H groups in total. The number of rotatable bonds is 2. The molecule has 0 radical (unpaired) electrons. The first-order chi connectivity index (χ1) is 10.3. The Morgan fingerprint density at radius 3 is 1.95 bits per heavy atom. The van der Waals surface area contributed by atoms with Crippen molar-refractivity contribution in [3.05, 3.63) is 24.3 Å². The number of carbonyl (C=O) groups is 3. The molecule has 2 fully saturated rings. The topological polar surface area (TPSA) is 66.9 Å². The maximum absolute atomic E-state index is 11.3. The van der Waals surface area contributed by atoms with Crippen molar-refractivity contribution in [2.24, 2.45) is 0 Å². The molecule has 2 aliphatic heterocycles. The van der Waals surface area contributed by atoms with Gasteiger partial charge in [0.2, 0.25) is 11.8 Å². The average molecular weight is 308 g/mol. The van der Waals surface area contributed by atoms with E-state index in [0.717, 1.165) is 6.42 Å². The number of nitrogens with zero attached hydrogens (tertiary/aromatic N) is 2. The molecule has 22 heavy (non-hydrogen) atoms. The van der Waals surface area contributed by atoms with Crippen LogP contribution in [0.15, 0.2) is 24.3 Å². The van der Waals surface area contributed by atoms with Gasteiger partial charge in [0.15, 0.2) is 0 Å². The van der Waals surface area contributed by atoms with Gasteiger partial charge in [-0.25, -0.2) is 0 Å². The van der Waals surface area contributed by atoms with Crippen molar-refractivity contribution < 1.29 is 19.1 Å². The number of amides is 3. The van der Waals surface area contributed by atoms with Crippen LogP contribution in [-0.2, 0) is 19.1 Å². The van der Waals surface area contributed by atoms with Crippen LogP contribution in [0.5, 0.6) is 0 Å². The van der Waals surface area contributed by atoms with Crippen LogP contribution < -0.4 is 0 Å². The fourth-order valence-corrected chi connectivity index (χ4v) is 2.13. The van der Waals surface area contributed by atoms with Gasteiger partial charge in [0.1, 0.15) is 0 Å². The van der Waals surface area contributed by atoms with Crippen molar-refractivity contribution in [1.82, 2.24) is 9.80 Å². The molecule has 0 aliphatic carbocycles. The van der Waals surface area contributed by atoms with E-state index in [1.54, 1.807) is 18.7 Å². The summed E-state index contributed by atoms with van der Waals surface area (Å²) in [7, 11) is 0. The maximum Gasteiger partial charge on any atom is 0.255 e. The van der Waals surface area contributed by atoms with Gasteiger partial charge >= 0.3 is 0 Å². The smallest absolute Gasteiger partial charge is 0.255 e. The molecule has 0 aromatic carbocycles. The molecule has 2 heterocycles. The summed E-state index contributed by atoms with van der Waals surface area (Å²) in [6.45, 7) is 13.7. The quantitative estimate of drug-likeness (QED) is 0.717. The molecule has 0 aromatic rings. The Hall–Kier alpha value is -1.95. The van der Waals surface area contributed by atoms with Crippen molar-refractivity contribution >= 4 is 17.7 Å². The third-order valence-corrected chi connectivity index (χ3v) is 3.35. The predicted molar refractivity (Wildman–Crippen MR) is 83.0 cm³/mol. The van der Waals surface area contributed by atoms with E-state index >= 15 is 0 Å². The lowest BCUT2D eigenvalue weighted by molar-refractivity contribution is -0.139. The Labute approximate surface area is 131 Å². The Morgan fingerprint density at radius 1 is 1.00 bits per heavy atom. The van der Waals surface area contributed by atoms with E-state index in [9.17, 15) is 14.4 Å². The normalized spacial score (nSPS) is 17.6. The van der Waals surface area contributed by atoms with Gasteiger partial charge in [-0.15, -0.1) is 0 Å². The van der Waals surface area contributed by atoms with Crippen LogP contribution in [0.2, 0.25) is 0 Å². The second kappa shape index (κ2) is 8.48. The van der Waals surface area contributed by atoms with Gasteiger partial charge in [-0.3, -0.25) is 19.3 Å². The molecule has 2 saturated heterocycles. The van der Waals surface area contributed by atoms with Crippen LogP contribution in [0.1, 0.15) is 26.7 Å². The lowest BCUT2D eigenvalue weighted by Gasteiger charge is -2.26. The highest BCUT2D eigenvalue weighted by atomic mass is 16.5. The Bertz CT molecular complexity index is 479. The van der Waals surface area contributed by atoms with E-state index in [4.69, 9.17) is 4.74 Å². The molecule has 122 valence electrons. The van der Waals surface area contributed by atoms with E-state index in [2.05, 4.69) is 13.2 Å². The molecule has 6 nitrogen and oxygen atoms in total. The summed E-state index contributed by atoms with van der Waals surface area (Å²) in [5.41, 5.74) is 1.03. The van der Waals surface area contributed by atoms with Crippen molar-refractivity contribution in [2.75, 3.05) is 32.8 Å². The van der Waals surface area contributed by atoms with Crippen LogP contribution in [0.25, 0.3) is 0 Å². The molecule has 0 bridgehead atoms. The fraction of sp³-hybridized carbons (Fsp3) is 0.562. The van der Waals surface area contributed by atoms with Gasteiger partial charge in [-0.1, -0.05) is 13.2 Å². The lowest BCUT2D eigenvalue weighted by atomic mass is 10.3. The first-order valence-electron chi connectivity index (χ1n) is 7.37. The molecular formula is C16H24N2O4. The summed E-state index contributed by atoms with van der Waals surface area (Å²) < 4.78 is 5.11. The summed E-state index contributed by atoms with van der Waals surface area (Å²) in [6.07, 6.45) is 1.29. The minimum absolute atomic E-state index is 0.0494. The first-order valence-corrected chi connectivity index (χ1v) is 7.37. The number of imide groups is 1. The molecule has 6 heteroatoms. The second-order valence-corrected chi connectivity index (χ2v) is 5.42. The molecule has 0 unspecified atom stereocenters. The largest absolute Gasteiger partial charge is 0.378 e. The van der Waals surface area contributed by atoms with E-state index < -0.39 is 0 Å². The molecule has 0 aromatic heterocycles. The monoisotopic (exact) mass is 308 g/mol. The van der Waals surface area contributed by atoms with Gasteiger partial charge in [-0.2, -0.15) is 0 Å². The van der Waals surface area contributed by atoms with E-state index in [1.165, 1.54) is 4.90 Å². The Balaban J connectivity index is 0.000000220. The molecular weight excluding hydrogens is 284 g/mol. The van der Waals surface area contributed by atoms with E-state index in [1.807, 2.05) is 0 Å². The number of morpholine rings is 1. The average Bonchev–Trinajstić information content (AvgIpc) is 2.93. The van der Waals surface area contributed by atoms with Gasteiger partial charge < -0.3 is 9.64 Å². The van der Waals surface area contributed by atoms with Crippen LogP contribution in [0, 0.1) is 0 Å². The summed E-state index contributed by atoms with van der Waals surface area (Å²) in [6, 6.07) is 0. The highest BCUT2D eigenvalue weighted by Gasteiger charge is 2.26. The highest BCUT2D eigenvalue weighted by Crippen LogP contribution is 2.11. The molecule has 0 saturated carbocycles. The van der Waals surface area contributed by atoms with Crippen LogP contribution in [-0.4, -0.2) is 60.4 Å². The number of carbonyl (C=O) groups excluding carboxylic acids is 3. The standard InChI is InChI=1S/C8H13NO2.C8H11NO2/c1-7(2)8(10)9-3-5-11-6-4-9;1-6(2)8(11)9-5-3-4-7(9)10/h1,3-6H2,2H3;1,3-5H2,2H3. The Kier molecular flexibility index (Phi) is 6.98. The molecule has 2 aliphatic rings. The predicted octanol–water partition coefficient (Wildman–Crippen LogP) is 1.13. The molecule has 0 atom stereocenters. The zero-order chi connectivity index (χ0) is 16.7. The third kappa shape index (κ3) is 5.11. The van der Waals surface area contributed by atoms with Gasteiger partial charge in [0.05, 0.1) is 13.2 Å². The van der Waals surface area contributed by atoms with Gasteiger partial charge in [0, 0.05) is 37.2 Å². The van der Waals surface area contributed by atoms with Gasteiger partial charge in [0.25, 0.3) is 5.91 Å². The van der Waals surface area contributed by atoms with Crippen LogP contribution >= 0.6 is 0 Å². The first kappa shape index (κ1) is 18.1.